The fraction of sp³-hybridized carbons (Fsp3) is 0.0645. The van der Waals surface area contributed by atoms with E-state index in [2.05, 4.69) is 71.6 Å². The molecule has 3 heterocycles. The zero-order valence-electron chi connectivity index (χ0n) is 20.7. The lowest BCUT2D eigenvalue weighted by molar-refractivity contribution is 0.112. The van der Waals surface area contributed by atoms with Crippen LogP contribution in [0.4, 0.5) is 16.4 Å². The van der Waals surface area contributed by atoms with Crippen LogP contribution in [0.3, 0.4) is 0 Å². The molecule has 0 aliphatic carbocycles. The first-order valence-corrected chi connectivity index (χ1v) is 14.4. The maximum Gasteiger partial charge on any atom is 0.160 e. The van der Waals surface area contributed by atoms with Crippen LogP contribution in [-0.2, 0) is 0 Å². The molecule has 0 bridgehead atoms. The van der Waals surface area contributed by atoms with E-state index < -0.39 is 0 Å². The van der Waals surface area contributed by atoms with Gasteiger partial charge in [-0.15, -0.1) is 34.0 Å². The Morgan fingerprint density at radius 1 is 0.605 bits per heavy atom. The minimum absolute atomic E-state index is 0.768. The van der Waals surface area contributed by atoms with Gasteiger partial charge in [-0.2, -0.15) is 0 Å². The Morgan fingerprint density at radius 2 is 1.13 bits per heavy atom. The van der Waals surface area contributed by atoms with E-state index in [0.29, 0.717) is 0 Å². The van der Waals surface area contributed by atoms with E-state index in [1.807, 2.05) is 30.3 Å². The highest BCUT2D eigenvalue weighted by Crippen LogP contribution is 2.41. The van der Waals surface area contributed by atoms with E-state index in [0.717, 1.165) is 49.1 Å². The van der Waals surface area contributed by atoms with Crippen LogP contribution in [0.25, 0.3) is 32.3 Å². The molecule has 3 aromatic carbocycles. The van der Waals surface area contributed by atoms with Crippen molar-refractivity contribution in [3.8, 4) is 11.5 Å². The number of hydrogen-bond acceptors (Lipinski definition) is 7. The van der Waals surface area contributed by atoms with E-state index in [9.17, 15) is 4.79 Å². The van der Waals surface area contributed by atoms with Crippen LogP contribution >= 0.6 is 34.0 Å². The summed E-state index contributed by atoms with van der Waals surface area (Å²) in [5, 5.41) is 3.45. The topological polar surface area (TPSA) is 38.8 Å². The van der Waals surface area contributed by atoms with E-state index >= 15 is 0 Å². The second kappa shape index (κ2) is 10.5. The molecule has 0 saturated carbocycles. The van der Waals surface area contributed by atoms with Gasteiger partial charge in [0.15, 0.2) is 6.29 Å². The molecule has 0 atom stereocenters. The van der Waals surface area contributed by atoms with Crippen molar-refractivity contribution >= 4 is 89.0 Å². The molecular weight excluding hydrogens is 531 g/mol. The number of fused-ring (bicyclic) bond motifs is 2. The van der Waals surface area contributed by atoms with Gasteiger partial charge in [-0.3, -0.25) is 4.79 Å². The molecular formula is C31H23NO3S3. The van der Waals surface area contributed by atoms with Crippen molar-refractivity contribution in [3.05, 3.63) is 99.6 Å². The summed E-state index contributed by atoms with van der Waals surface area (Å²) >= 11 is 5.04. The summed E-state index contributed by atoms with van der Waals surface area (Å²) in [5.41, 5.74) is 2.10. The third-order valence-electron chi connectivity index (χ3n) is 6.22. The molecule has 0 spiro atoms. The molecule has 188 valence electrons. The summed E-state index contributed by atoms with van der Waals surface area (Å²) in [6, 6.07) is 29.0. The minimum Gasteiger partial charge on any atom is -0.497 e. The Labute approximate surface area is 232 Å². The molecule has 0 N–H and O–H groups in total. The van der Waals surface area contributed by atoms with Crippen LogP contribution in [0.1, 0.15) is 19.4 Å². The Morgan fingerprint density at radius 3 is 1.68 bits per heavy atom. The molecule has 0 fully saturated rings. The number of benzene rings is 3. The second-order valence-electron chi connectivity index (χ2n) is 8.58. The lowest BCUT2D eigenvalue weighted by Crippen LogP contribution is -2.08. The summed E-state index contributed by atoms with van der Waals surface area (Å²) in [6.07, 6.45) is 5.27. The van der Waals surface area contributed by atoms with Crippen LogP contribution in [0.15, 0.2) is 84.9 Å². The number of methoxy groups -OCH3 is 2. The van der Waals surface area contributed by atoms with Gasteiger partial charge < -0.3 is 14.4 Å². The average molecular weight is 554 g/mol. The van der Waals surface area contributed by atoms with Crippen molar-refractivity contribution in [2.75, 3.05) is 19.1 Å². The number of nitrogens with zero attached hydrogens (tertiary/aromatic N) is 1. The van der Waals surface area contributed by atoms with Crippen LogP contribution in [0.5, 0.6) is 11.5 Å². The number of anilines is 3. The van der Waals surface area contributed by atoms with Gasteiger partial charge in [0.2, 0.25) is 0 Å². The fourth-order valence-corrected chi connectivity index (χ4v) is 7.19. The molecule has 0 radical (unpaired) electrons. The van der Waals surface area contributed by atoms with Gasteiger partial charge in [0.1, 0.15) is 16.5 Å². The van der Waals surface area contributed by atoms with Crippen LogP contribution < -0.4 is 14.4 Å². The Balaban J connectivity index is 1.30. The molecule has 4 nitrogen and oxygen atoms in total. The Kier molecular flexibility index (Phi) is 6.72. The van der Waals surface area contributed by atoms with E-state index in [1.54, 1.807) is 36.9 Å². The van der Waals surface area contributed by atoms with Crippen molar-refractivity contribution in [3.63, 3.8) is 0 Å². The molecule has 0 aliphatic heterocycles. The SMILES string of the molecule is COc1ccc(N(c2ccc(OC)cc2)c2ccc(/C=C/c3cc4cc5sc(C=O)cc5cc4s3)s2)cc1. The predicted octanol–water partition coefficient (Wildman–Crippen LogP) is 9.65. The van der Waals surface area contributed by atoms with Crippen LogP contribution in [0.2, 0.25) is 0 Å². The van der Waals surface area contributed by atoms with Gasteiger partial charge in [-0.25, -0.2) is 0 Å². The normalized spacial score (nSPS) is 11.4. The first-order valence-electron chi connectivity index (χ1n) is 11.9. The maximum absolute atomic E-state index is 11.1. The Hall–Kier alpha value is -3.91. The van der Waals surface area contributed by atoms with Gasteiger partial charge in [-0.05, 0) is 108 Å². The van der Waals surface area contributed by atoms with Gasteiger partial charge in [0, 0.05) is 30.5 Å². The number of aldehydes is 1. The number of carbonyl (C=O) groups excluding carboxylic acids is 1. The largest absolute Gasteiger partial charge is 0.497 e. The zero-order chi connectivity index (χ0) is 26.1. The third-order valence-corrected chi connectivity index (χ3v) is 9.34. The average Bonchev–Trinajstić information content (AvgIpc) is 3.69. The highest BCUT2D eigenvalue weighted by Gasteiger charge is 2.15. The van der Waals surface area contributed by atoms with E-state index in [4.69, 9.17) is 9.47 Å². The molecule has 0 unspecified atom stereocenters. The van der Waals surface area contributed by atoms with Crippen molar-refractivity contribution in [2.24, 2.45) is 0 Å². The van der Waals surface area contributed by atoms with Crippen molar-refractivity contribution in [1.82, 2.24) is 0 Å². The number of rotatable bonds is 8. The van der Waals surface area contributed by atoms with Crippen LogP contribution in [-0.4, -0.2) is 20.5 Å². The predicted molar refractivity (Wildman–Crippen MR) is 164 cm³/mol. The summed E-state index contributed by atoms with van der Waals surface area (Å²) in [5.74, 6) is 1.65. The molecule has 38 heavy (non-hydrogen) atoms. The first kappa shape index (κ1) is 24.4. The lowest BCUT2D eigenvalue weighted by atomic mass is 10.2. The molecule has 3 aromatic heterocycles. The molecule has 7 heteroatoms. The summed E-state index contributed by atoms with van der Waals surface area (Å²) < 4.78 is 13.1. The summed E-state index contributed by atoms with van der Waals surface area (Å²) in [7, 11) is 3.36. The number of carbonyl (C=O) groups is 1. The number of thiophene rings is 3. The third kappa shape index (κ3) is 4.84. The highest BCUT2D eigenvalue weighted by atomic mass is 32.1. The molecule has 6 rings (SSSR count). The van der Waals surface area contributed by atoms with Crippen LogP contribution in [0, 0.1) is 0 Å². The monoisotopic (exact) mass is 553 g/mol. The minimum atomic E-state index is 0.768. The van der Waals surface area contributed by atoms with Gasteiger partial charge in [0.05, 0.1) is 19.1 Å². The van der Waals surface area contributed by atoms with Gasteiger partial charge in [-0.1, -0.05) is 0 Å². The highest BCUT2D eigenvalue weighted by molar-refractivity contribution is 7.22. The van der Waals surface area contributed by atoms with Gasteiger partial charge in [0.25, 0.3) is 0 Å². The lowest BCUT2D eigenvalue weighted by Gasteiger charge is -2.24. The number of ether oxygens (including phenoxy) is 2. The van der Waals surface area contributed by atoms with Crippen molar-refractivity contribution < 1.29 is 14.3 Å². The standard InChI is InChI=1S/C31H23NO3S3/c1-34-24-7-3-22(4-8-24)32(23-5-9-25(35-2)10-6-23)31-14-13-26(38-31)11-12-27-15-20-17-30-21(18-29(20)36-27)16-28(19-33)37-30/h3-19H,1-2H3/b12-11+. The molecule has 0 aliphatic rings. The quantitative estimate of drug-likeness (QED) is 0.176. The maximum atomic E-state index is 11.1. The fourth-order valence-electron chi connectivity index (χ4n) is 4.34. The zero-order valence-corrected chi connectivity index (χ0v) is 23.2. The first-order chi connectivity index (χ1) is 18.6. The molecule has 6 aromatic rings. The smallest absolute Gasteiger partial charge is 0.160 e. The van der Waals surface area contributed by atoms with Gasteiger partial charge >= 0.3 is 0 Å². The summed E-state index contributed by atoms with van der Waals surface area (Å²) in [4.78, 5) is 16.5. The molecule has 0 saturated heterocycles. The Bertz CT molecular complexity index is 1660. The van der Waals surface area contributed by atoms with Crippen molar-refractivity contribution in [2.45, 2.75) is 0 Å². The number of hydrogen-bond donors (Lipinski definition) is 0. The van der Waals surface area contributed by atoms with E-state index in [-0.39, 0.29) is 0 Å². The van der Waals surface area contributed by atoms with Crippen molar-refractivity contribution in [1.29, 1.82) is 0 Å². The second-order valence-corrected chi connectivity index (χ2v) is 11.9. The van der Waals surface area contributed by atoms with E-state index in [1.165, 1.54) is 31.2 Å². The molecule has 0 amide bonds. The summed E-state index contributed by atoms with van der Waals surface area (Å²) in [6.45, 7) is 0.